The number of rotatable bonds is 10. The van der Waals surface area contributed by atoms with Gasteiger partial charge in [0.1, 0.15) is 0 Å². The van der Waals surface area contributed by atoms with E-state index in [0.717, 1.165) is 49.4 Å². The number of carbonyl (C=O) groups is 2. The van der Waals surface area contributed by atoms with Crippen LogP contribution in [0.1, 0.15) is 32.3 Å². The number of hydrogen-bond donors (Lipinski definition) is 3. The molecule has 1 saturated heterocycles. The first-order valence-corrected chi connectivity index (χ1v) is 9.81. The Morgan fingerprint density at radius 1 is 1.15 bits per heavy atom. The van der Waals surface area contributed by atoms with Gasteiger partial charge in [0.15, 0.2) is 18.0 Å². The van der Waals surface area contributed by atoms with E-state index < -0.39 is 0 Å². The van der Waals surface area contributed by atoms with Crippen LogP contribution < -0.4 is 25.4 Å². The fraction of sp³-hybridized carbons (Fsp3) is 0.600. The van der Waals surface area contributed by atoms with Gasteiger partial charge in [0.2, 0.25) is 5.91 Å². The second-order valence-corrected chi connectivity index (χ2v) is 6.85. The smallest absolute Gasteiger partial charge is 0.275 e. The molecular formula is C20H32N3O4+. The molecule has 27 heavy (non-hydrogen) atoms. The van der Waals surface area contributed by atoms with Gasteiger partial charge in [0.25, 0.3) is 5.91 Å². The summed E-state index contributed by atoms with van der Waals surface area (Å²) in [4.78, 5) is 24.6. The molecule has 1 heterocycles. The van der Waals surface area contributed by atoms with Crippen LogP contribution in [0.15, 0.2) is 18.2 Å². The monoisotopic (exact) mass is 378 g/mol. The summed E-state index contributed by atoms with van der Waals surface area (Å²) >= 11 is 0. The van der Waals surface area contributed by atoms with E-state index in [2.05, 4.69) is 5.32 Å². The lowest BCUT2D eigenvalue weighted by atomic mass is 9.96. The molecule has 150 valence electrons. The number of primary amides is 1. The van der Waals surface area contributed by atoms with E-state index in [1.807, 2.05) is 32.0 Å². The summed E-state index contributed by atoms with van der Waals surface area (Å²) in [6.07, 6.45) is 2.27. The first-order chi connectivity index (χ1) is 13.0. The number of hydrogen-bond acceptors (Lipinski definition) is 4. The molecule has 4 N–H and O–H groups in total. The SMILES string of the molecule is CCOc1ccc(CCNC(=O)C[NH+]2CCC(C(N)=O)CC2)cc1OCC. The fourth-order valence-electron chi connectivity index (χ4n) is 3.37. The molecule has 2 amide bonds. The molecule has 0 aliphatic carbocycles. The van der Waals surface area contributed by atoms with Crippen molar-refractivity contribution in [3.63, 3.8) is 0 Å². The van der Waals surface area contributed by atoms with Crippen LogP contribution >= 0.6 is 0 Å². The maximum Gasteiger partial charge on any atom is 0.275 e. The summed E-state index contributed by atoms with van der Waals surface area (Å²) in [6.45, 7) is 7.71. The average Bonchev–Trinajstić information content (AvgIpc) is 2.64. The second-order valence-electron chi connectivity index (χ2n) is 6.85. The van der Waals surface area contributed by atoms with Crippen molar-refractivity contribution >= 4 is 11.8 Å². The van der Waals surface area contributed by atoms with E-state index in [0.29, 0.717) is 26.3 Å². The molecule has 0 aromatic heterocycles. The first kappa shape index (κ1) is 21.0. The molecule has 7 heteroatoms. The number of amides is 2. The zero-order valence-electron chi connectivity index (χ0n) is 16.4. The average molecular weight is 378 g/mol. The predicted octanol–water partition coefficient (Wildman–Crippen LogP) is -0.0771. The third kappa shape index (κ3) is 6.75. The summed E-state index contributed by atoms with van der Waals surface area (Å²) < 4.78 is 11.2. The molecule has 2 rings (SSSR count). The highest BCUT2D eigenvalue weighted by Gasteiger charge is 2.26. The third-order valence-corrected chi connectivity index (χ3v) is 4.85. The molecule has 1 aromatic rings. The van der Waals surface area contributed by atoms with Gasteiger partial charge in [-0.25, -0.2) is 0 Å². The minimum absolute atomic E-state index is 0.0315. The van der Waals surface area contributed by atoms with Crippen LogP contribution in [0.3, 0.4) is 0 Å². The molecule has 0 saturated carbocycles. The van der Waals surface area contributed by atoms with Gasteiger partial charge in [-0.15, -0.1) is 0 Å². The standard InChI is InChI=1S/C20H31N3O4/c1-3-26-17-6-5-15(13-18(17)27-4-2)7-10-22-19(24)14-23-11-8-16(9-12-23)20(21)25/h5-6,13,16H,3-4,7-12,14H2,1-2H3,(H2,21,25)(H,22,24)/p+1. The Hall–Kier alpha value is -2.28. The summed E-state index contributed by atoms with van der Waals surface area (Å²) in [6, 6.07) is 5.89. The Balaban J connectivity index is 1.74. The quantitative estimate of drug-likeness (QED) is 0.531. The number of piperidine rings is 1. The zero-order chi connectivity index (χ0) is 19.6. The van der Waals surface area contributed by atoms with E-state index in [4.69, 9.17) is 15.2 Å². The van der Waals surface area contributed by atoms with Crippen LogP contribution in [0.25, 0.3) is 0 Å². The molecule has 0 atom stereocenters. The highest BCUT2D eigenvalue weighted by atomic mass is 16.5. The lowest BCUT2D eigenvalue weighted by Gasteiger charge is -2.27. The topological polar surface area (TPSA) is 95.1 Å². The number of ether oxygens (including phenoxy) is 2. The number of benzene rings is 1. The molecule has 1 aromatic carbocycles. The van der Waals surface area contributed by atoms with E-state index in [1.165, 1.54) is 4.90 Å². The van der Waals surface area contributed by atoms with Crippen LogP contribution in [-0.4, -0.2) is 51.2 Å². The Kier molecular flexibility index (Phi) is 8.39. The van der Waals surface area contributed by atoms with Crippen molar-refractivity contribution in [3.8, 4) is 11.5 Å². The second kappa shape index (κ2) is 10.8. The molecule has 0 unspecified atom stereocenters. The highest BCUT2D eigenvalue weighted by Crippen LogP contribution is 2.28. The third-order valence-electron chi connectivity index (χ3n) is 4.85. The van der Waals surface area contributed by atoms with E-state index in [-0.39, 0.29) is 17.7 Å². The van der Waals surface area contributed by atoms with Crippen molar-refractivity contribution in [1.29, 1.82) is 0 Å². The van der Waals surface area contributed by atoms with Crippen molar-refractivity contribution in [1.82, 2.24) is 5.32 Å². The minimum Gasteiger partial charge on any atom is -0.490 e. The summed E-state index contributed by atoms with van der Waals surface area (Å²) in [5.41, 5.74) is 6.44. The molecule has 7 nitrogen and oxygen atoms in total. The number of carbonyl (C=O) groups excluding carboxylic acids is 2. The Morgan fingerprint density at radius 2 is 1.81 bits per heavy atom. The summed E-state index contributed by atoms with van der Waals surface area (Å²) in [5, 5.41) is 2.98. The van der Waals surface area contributed by atoms with E-state index in [9.17, 15) is 9.59 Å². The lowest BCUT2D eigenvalue weighted by Crippen LogP contribution is -3.14. The molecule has 0 radical (unpaired) electrons. The van der Waals surface area contributed by atoms with Crippen LogP contribution in [0.5, 0.6) is 11.5 Å². The summed E-state index contributed by atoms with van der Waals surface area (Å²) in [5.74, 6) is 1.27. The van der Waals surface area contributed by atoms with Gasteiger partial charge in [0.05, 0.1) is 26.3 Å². The fourth-order valence-corrected chi connectivity index (χ4v) is 3.37. The summed E-state index contributed by atoms with van der Waals surface area (Å²) in [7, 11) is 0. The van der Waals surface area contributed by atoms with E-state index >= 15 is 0 Å². The van der Waals surface area contributed by atoms with Crippen LogP contribution in [-0.2, 0) is 16.0 Å². The number of quaternary nitrogens is 1. The highest BCUT2D eigenvalue weighted by molar-refractivity contribution is 5.77. The number of nitrogens with one attached hydrogen (secondary N) is 2. The Morgan fingerprint density at radius 3 is 2.44 bits per heavy atom. The maximum atomic E-state index is 12.2. The molecule has 1 aliphatic rings. The normalized spacial score (nSPS) is 19.3. The largest absolute Gasteiger partial charge is 0.490 e. The van der Waals surface area contributed by atoms with Crippen molar-refractivity contribution in [3.05, 3.63) is 23.8 Å². The lowest BCUT2D eigenvalue weighted by molar-refractivity contribution is -0.897. The molecule has 0 bridgehead atoms. The predicted molar refractivity (Wildman–Crippen MR) is 103 cm³/mol. The van der Waals surface area contributed by atoms with Crippen molar-refractivity contribution in [2.24, 2.45) is 11.7 Å². The Bertz CT molecular complexity index is 628. The van der Waals surface area contributed by atoms with Gasteiger partial charge in [-0.1, -0.05) is 6.07 Å². The zero-order valence-corrected chi connectivity index (χ0v) is 16.4. The van der Waals surface area contributed by atoms with Gasteiger partial charge in [-0.05, 0) is 38.0 Å². The molecule has 1 aliphatic heterocycles. The van der Waals surface area contributed by atoms with Crippen LogP contribution in [0, 0.1) is 5.92 Å². The van der Waals surface area contributed by atoms with Crippen LogP contribution in [0.4, 0.5) is 0 Å². The van der Waals surface area contributed by atoms with Crippen LogP contribution in [0.2, 0.25) is 0 Å². The molecule has 0 spiro atoms. The van der Waals surface area contributed by atoms with Gasteiger partial charge in [0, 0.05) is 25.3 Å². The van der Waals surface area contributed by atoms with Gasteiger partial charge in [-0.3, -0.25) is 9.59 Å². The van der Waals surface area contributed by atoms with Gasteiger partial charge in [-0.2, -0.15) is 0 Å². The van der Waals surface area contributed by atoms with Gasteiger partial charge >= 0.3 is 0 Å². The van der Waals surface area contributed by atoms with Crippen molar-refractivity contribution < 1.29 is 24.0 Å². The molecule has 1 fully saturated rings. The Labute approximate surface area is 161 Å². The minimum atomic E-state index is -0.222. The van der Waals surface area contributed by atoms with Crippen molar-refractivity contribution in [2.45, 2.75) is 33.1 Å². The first-order valence-electron chi connectivity index (χ1n) is 9.81. The maximum absolute atomic E-state index is 12.2. The number of nitrogens with two attached hydrogens (primary N) is 1. The number of likely N-dealkylation sites (tertiary alicyclic amines) is 1. The molecular weight excluding hydrogens is 346 g/mol. The van der Waals surface area contributed by atoms with Crippen molar-refractivity contribution in [2.75, 3.05) is 39.4 Å². The van der Waals surface area contributed by atoms with Gasteiger partial charge < -0.3 is 25.4 Å². The van der Waals surface area contributed by atoms with E-state index in [1.54, 1.807) is 0 Å².